The minimum absolute atomic E-state index is 0.0176. The molecule has 1 unspecified atom stereocenters. The van der Waals surface area contributed by atoms with E-state index in [1.807, 2.05) is 0 Å². The number of amides is 1. The number of nitrogens with one attached hydrogen (secondary N) is 1. The van der Waals surface area contributed by atoms with Crippen LogP contribution < -0.4 is 10.1 Å². The molecule has 0 spiro atoms. The van der Waals surface area contributed by atoms with Crippen molar-refractivity contribution in [3.8, 4) is 5.75 Å². The summed E-state index contributed by atoms with van der Waals surface area (Å²) in [5.74, 6) is -1.49. The fourth-order valence-electron chi connectivity index (χ4n) is 1.77. The highest BCUT2D eigenvalue weighted by molar-refractivity contribution is 6.30. The Morgan fingerprint density at radius 3 is 2.50 bits per heavy atom. The summed E-state index contributed by atoms with van der Waals surface area (Å²) in [5.41, 5.74) is 0.0176. The fraction of sp³-hybridized carbons (Fsp3) is 0.176. The second kappa shape index (κ2) is 8.31. The van der Waals surface area contributed by atoms with Crippen LogP contribution in [-0.4, -0.2) is 24.6 Å². The van der Waals surface area contributed by atoms with Gasteiger partial charge in [0.1, 0.15) is 11.6 Å². The lowest BCUT2D eigenvalue weighted by atomic mass is 10.3. The first-order valence-electron chi connectivity index (χ1n) is 7.09. The van der Waals surface area contributed by atoms with E-state index in [9.17, 15) is 14.0 Å². The van der Waals surface area contributed by atoms with E-state index in [1.165, 1.54) is 25.1 Å². The zero-order chi connectivity index (χ0) is 17.5. The van der Waals surface area contributed by atoms with Crippen LogP contribution >= 0.6 is 11.6 Å². The van der Waals surface area contributed by atoms with Gasteiger partial charge in [0.25, 0.3) is 5.91 Å². The Morgan fingerprint density at radius 1 is 1.17 bits per heavy atom. The number of rotatable bonds is 6. The number of carbonyl (C=O) groups excluding carboxylic acids is 2. The number of para-hydroxylation sites is 1. The Bertz CT molecular complexity index is 721. The minimum atomic E-state index is -0.910. The van der Waals surface area contributed by atoms with Gasteiger partial charge in [0, 0.05) is 5.02 Å². The Kier molecular flexibility index (Phi) is 6.14. The lowest BCUT2D eigenvalue weighted by molar-refractivity contribution is -0.153. The molecule has 0 aliphatic rings. The van der Waals surface area contributed by atoms with E-state index < -0.39 is 30.4 Å². The summed E-state index contributed by atoms with van der Waals surface area (Å²) in [7, 11) is 0. The van der Waals surface area contributed by atoms with Crippen LogP contribution in [0.2, 0.25) is 5.02 Å². The van der Waals surface area contributed by atoms with Crippen molar-refractivity contribution in [3.05, 3.63) is 59.4 Å². The predicted octanol–water partition coefficient (Wildman–Crippen LogP) is 3.43. The van der Waals surface area contributed by atoms with Gasteiger partial charge in [-0.2, -0.15) is 0 Å². The van der Waals surface area contributed by atoms with Crippen molar-refractivity contribution >= 4 is 29.2 Å². The SMILES string of the molecule is CC(Oc1ccc(Cl)cc1)C(=O)OCC(=O)Nc1ccccc1F. The van der Waals surface area contributed by atoms with Gasteiger partial charge in [-0.05, 0) is 43.3 Å². The number of anilines is 1. The van der Waals surface area contributed by atoms with E-state index in [2.05, 4.69) is 5.32 Å². The molecule has 1 atom stereocenters. The number of halogens is 2. The number of benzene rings is 2. The summed E-state index contributed by atoms with van der Waals surface area (Å²) in [6.07, 6.45) is -0.910. The van der Waals surface area contributed by atoms with Gasteiger partial charge in [0.2, 0.25) is 0 Å². The first-order valence-corrected chi connectivity index (χ1v) is 7.47. The standard InChI is InChI=1S/C17H15ClFNO4/c1-11(24-13-8-6-12(18)7-9-13)17(22)23-10-16(21)20-15-5-3-2-4-14(15)19/h2-9,11H,10H2,1H3,(H,20,21). The second-order valence-corrected chi connectivity index (χ2v) is 5.29. The summed E-state index contributed by atoms with van der Waals surface area (Å²) < 4.78 is 23.6. The molecule has 0 aromatic heterocycles. The third kappa shape index (κ3) is 5.24. The highest BCUT2D eigenvalue weighted by atomic mass is 35.5. The van der Waals surface area contributed by atoms with Crippen molar-refractivity contribution < 1.29 is 23.5 Å². The molecule has 2 aromatic rings. The molecule has 24 heavy (non-hydrogen) atoms. The van der Waals surface area contributed by atoms with Crippen LogP contribution in [0.15, 0.2) is 48.5 Å². The maximum Gasteiger partial charge on any atom is 0.347 e. The maximum atomic E-state index is 13.4. The van der Waals surface area contributed by atoms with Crippen molar-refractivity contribution in [2.24, 2.45) is 0 Å². The molecule has 0 radical (unpaired) electrons. The highest BCUT2D eigenvalue weighted by Gasteiger charge is 2.18. The molecule has 0 saturated heterocycles. The molecule has 0 saturated carbocycles. The smallest absolute Gasteiger partial charge is 0.347 e. The first-order chi connectivity index (χ1) is 11.5. The zero-order valence-corrected chi connectivity index (χ0v) is 13.5. The lowest BCUT2D eigenvalue weighted by Crippen LogP contribution is -2.29. The van der Waals surface area contributed by atoms with Crippen LogP contribution in [0, 0.1) is 5.82 Å². The molecule has 1 amide bonds. The van der Waals surface area contributed by atoms with Gasteiger partial charge in [-0.3, -0.25) is 4.79 Å². The van der Waals surface area contributed by atoms with E-state index in [0.29, 0.717) is 10.8 Å². The molecule has 2 aromatic carbocycles. The summed E-state index contributed by atoms with van der Waals surface area (Å²) in [6, 6.07) is 12.2. The van der Waals surface area contributed by atoms with Gasteiger partial charge in [-0.25, -0.2) is 9.18 Å². The number of hydrogen-bond donors (Lipinski definition) is 1. The van der Waals surface area contributed by atoms with Crippen LogP contribution in [-0.2, 0) is 14.3 Å². The number of hydrogen-bond acceptors (Lipinski definition) is 4. The molecule has 1 N–H and O–H groups in total. The fourth-order valence-corrected chi connectivity index (χ4v) is 1.89. The average Bonchev–Trinajstić information content (AvgIpc) is 2.57. The van der Waals surface area contributed by atoms with Crippen molar-refractivity contribution in [3.63, 3.8) is 0 Å². The summed E-state index contributed by atoms with van der Waals surface area (Å²) in [5, 5.41) is 2.86. The normalized spacial score (nSPS) is 11.5. The predicted molar refractivity (Wildman–Crippen MR) is 87.5 cm³/mol. The molecule has 5 nitrogen and oxygen atoms in total. The van der Waals surface area contributed by atoms with Crippen LogP contribution in [0.1, 0.15) is 6.92 Å². The summed E-state index contributed by atoms with van der Waals surface area (Å²) >= 11 is 5.75. The van der Waals surface area contributed by atoms with Gasteiger partial charge in [-0.1, -0.05) is 23.7 Å². The third-order valence-electron chi connectivity index (χ3n) is 2.95. The Labute approximate surface area is 143 Å². The third-order valence-corrected chi connectivity index (χ3v) is 3.20. The summed E-state index contributed by atoms with van der Waals surface area (Å²) in [6.45, 7) is 0.952. The quantitative estimate of drug-likeness (QED) is 0.810. The van der Waals surface area contributed by atoms with Crippen LogP contribution in [0.25, 0.3) is 0 Å². The van der Waals surface area contributed by atoms with Crippen molar-refractivity contribution in [1.82, 2.24) is 0 Å². The van der Waals surface area contributed by atoms with Crippen molar-refractivity contribution in [1.29, 1.82) is 0 Å². The van der Waals surface area contributed by atoms with Gasteiger partial charge >= 0.3 is 5.97 Å². The van der Waals surface area contributed by atoms with E-state index >= 15 is 0 Å². The van der Waals surface area contributed by atoms with E-state index in [4.69, 9.17) is 21.1 Å². The van der Waals surface area contributed by atoms with Crippen molar-refractivity contribution in [2.75, 3.05) is 11.9 Å². The Balaban J connectivity index is 1.80. The van der Waals surface area contributed by atoms with Gasteiger partial charge < -0.3 is 14.8 Å². The largest absolute Gasteiger partial charge is 0.479 e. The molecule has 0 heterocycles. The van der Waals surface area contributed by atoms with E-state index in [1.54, 1.807) is 30.3 Å². The molecule has 0 aliphatic heterocycles. The Hall–Kier alpha value is -2.60. The van der Waals surface area contributed by atoms with Gasteiger partial charge in [0.05, 0.1) is 5.69 Å². The molecular weight excluding hydrogens is 337 g/mol. The molecular formula is C17H15ClFNO4. The van der Waals surface area contributed by atoms with E-state index in [-0.39, 0.29) is 5.69 Å². The van der Waals surface area contributed by atoms with Gasteiger partial charge in [-0.15, -0.1) is 0 Å². The monoisotopic (exact) mass is 351 g/mol. The molecule has 0 bridgehead atoms. The first kappa shape index (κ1) is 17.7. The average molecular weight is 352 g/mol. The molecule has 7 heteroatoms. The topological polar surface area (TPSA) is 64.6 Å². The number of ether oxygens (including phenoxy) is 2. The van der Waals surface area contributed by atoms with Crippen molar-refractivity contribution in [2.45, 2.75) is 13.0 Å². The molecule has 0 aliphatic carbocycles. The number of carbonyl (C=O) groups is 2. The number of esters is 1. The van der Waals surface area contributed by atoms with Gasteiger partial charge in [0.15, 0.2) is 12.7 Å². The Morgan fingerprint density at radius 2 is 1.83 bits per heavy atom. The lowest BCUT2D eigenvalue weighted by Gasteiger charge is -2.14. The molecule has 126 valence electrons. The zero-order valence-electron chi connectivity index (χ0n) is 12.8. The summed E-state index contributed by atoms with van der Waals surface area (Å²) in [4.78, 5) is 23.5. The van der Waals surface area contributed by atoms with E-state index in [0.717, 1.165) is 0 Å². The molecule has 0 fully saturated rings. The van der Waals surface area contributed by atoms with Crippen LogP contribution in [0.4, 0.5) is 10.1 Å². The minimum Gasteiger partial charge on any atom is -0.479 e. The molecule has 2 rings (SSSR count). The second-order valence-electron chi connectivity index (χ2n) is 4.85. The highest BCUT2D eigenvalue weighted by Crippen LogP contribution is 2.17. The van der Waals surface area contributed by atoms with Crippen LogP contribution in [0.5, 0.6) is 5.75 Å². The maximum absolute atomic E-state index is 13.4. The van der Waals surface area contributed by atoms with Crippen LogP contribution in [0.3, 0.4) is 0 Å².